The van der Waals surface area contributed by atoms with Gasteiger partial charge in [0.1, 0.15) is 0 Å². The van der Waals surface area contributed by atoms with E-state index in [0.29, 0.717) is 12.0 Å². The lowest BCUT2D eigenvalue weighted by atomic mass is 9.94. The Morgan fingerprint density at radius 2 is 2.12 bits per heavy atom. The number of allylic oxidation sites excluding steroid dienone is 2. The quantitative estimate of drug-likeness (QED) is 0.513. The average molecular weight is 238 g/mol. The van der Waals surface area contributed by atoms with Gasteiger partial charge in [0, 0.05) is 5.92 Å². The zero-order chi connectivity index (χ0) is 11.9. The van der Waals surface area contributed by atoms with Gasteiger partial charge in [-0.05, 0) is 25.7 Å². The van der Waals surface area contributed by atoms with Gasteiger partial charge in [-0.1, -0.05) is 44.8 Å². The van der Waals surface area contributed by atoms with Gasteiger partial charge in [-0.15, -0.1) is 0 Å². The van der Waals surface area contributed by atoms with Crippen molar-refractivity contribution in [2.45, 2.75) is 70.7 Å². The molecule has 0 aromatic carbocycles. The lowest BCUT2D eigenvalue weighted by Crippen LogP contribution is -2.23. The lowest BCUT2D eigenvalue weighted by Gasteiger charge is -2.23. The fourth-order valence-electron chi connectivity index (χ4n) is 2.73. The third-order valence-corrected chi connectivity index (χ3v) is 3.85. The summed E-state index contributed by atoms with van der Waals surface area (Å²) in [5.41, 5.74) is 0. The minimum atomic E-state index is 0.0797. The molecule has 1 aliphatic carbocycles. The van der Waals surface area contributed by atoms with E-state index < -0.39 is 0 Å². The Labute approximate surface area is 105 Å². The molecule has 0 radical (unpaired) electrons. The molecule has 0 amide bonds. The van der Waals surface area contributed by atoms with Crippen molar-refractivity contribution in [3.8, 4) is 0 Å². The Kier molecular flexibility index (Phi) is 5.53. The highest BCUT2D eigenvalue weighted by Crippen LogP contribution is 2.29. The molecule has 98 valence electrons. The van der Waals surface area contributed by atoms with Gasteiger partial charge in [0.15, 0.2) is 6.29 Å². The zero-order valence-electron chi connectivity index (χ0n) is 11.1. The maximum absolute atomic E-state index is 6.02. The predicted octanol–water partition coefficient (Wildman–Crippen LogP) is 4.05. The molecular weight excluding hydrogens is 212 g/mol. The van der Waals surface area contributed by atoms with E-state index in [1.165, 1.54) is 44.9 Å². The average Bonchev–Trinajstić information content (AvgIpc) is 2.85. The molecule has 0 aromatic heterocycles. The van der Waals surface area contributed by atoms with Crippen molar-refractivity contribution in [2.24, 2.45) is 5.92 Å². The third kappa shape index (κ3) is 4.11. The van der Waals surface area contributed by atoms with Crippen LogP contribution in [0.3, 0.4) is 0 Å². The minimum Gasteiger partial charge on any atom is -0.350 e. The van der Waals surface area contributed by atoms with Crippen LogP contribution < -0.4 is 0 Å². The first-order valence-electron chi connectivity index (χ1n) is 7.32. The van der Waals surface area contributed by atoms with Gasteiger partial charge in [0.05, 0.1) is 12.7 Å². The Morgan fingerprint density at radius 3 is 2.88 bits per heavy atom. The van der Waals surface area contributed by atoms with Crippen LogP contribution in [-0.4, -0.2) is 19.0 Å². The molecule has 0 bridgehead atoms. The fourth-order valence-corrected chi connectivity index (χ4v) is 2.73. The summed E-state index contributed by atoms with van der Waals surface area (Å²) in [5, 5.41) is 0. The predicted molar refractivity (Wildman–Crippen MR) is 69.9 cm³/mol. The van der Waals surface area contributed by atoms with Gasteiger partial charge in [-0.25, -0.2) is 0 Å². The summed E-state index contributed by atoms with van der Waals surface area (Å²) >= 11 is 0. The van der Waals surface area contributed by atoms with E-state index in [1.54, 1.807) is 0 Å². The van der Waals surface area contributed by atoms with Gasteiger partial charge in [-0.2, -0.15) is 0 Å². The highest BCUT2D eigenvalue weighted by atomic mass is 16.7. The topological polar surface area (TPSA) is 18.5 Å². The van der Waals surface area contributed by atoms with Gasteiger partial charge in [0.2, 0.25) is 0 Å². The molecule has 2 rings (SSSR count). The molecule has 1 aliphatic heterocycles. The molecular formula is C15H26O2. The van der Waals surface area contributed by atoms with Crippen molar-refractivity contribution in [3.63, 3.8) is 0 Å². The van der Waals surface area contributed by atoms with Crippen molar-refractivity contribution in [3.05, 3.63) is 12.2 Å². The summed E-state index contributed by atoms with van der Waals surface area (Å²) in [6.45, 7) is 3.07. The molecule has 0 N–H and O–H groups in total. The van der Waals surface area contributed by atoms with E-state index in [0.717, 1.165) is 13.0 Å². The summed E-state index contributed by atoms with van der Waals surface area (Å²) in [6, 6.07) is 0. The molecule has 17 heavy (non-hydrogen) atoms. The number of hydrogen-bond donors (Lipinski definition) is 0. The van der Waals surface area contributed by atoms with Gasteiger partial charge >= 0.3 is 0 Å². The first kappa shape index (κ1) is 13.1. The van der Waals surface area contributed by atoms with Crippen molar-refractivity contribution in [1.82, 2.24) is 0 Å². The van der Waals surface area contributed by atoms with E-state index in [1.807, 2.05) is 0 Å². The van der Waals surface area contributed by atoms with Crippen LogP contribution in [0.5, 0.6) is 0 Å². The summed E-state index contributed by atoms with van der Waals surface area (Å²) in [7, 11) is 0. The molecule has 3 unspecified atom stereocenters. The molecule has 1 saturated heterocycles. The number of ether oxygens (including phenoxy) is 2. The number of unbranched alkanes of at least 4 members (excludes halogenated alkanes) is 3. The molecule has 3 atom stereocenters. The van der Waals surface area contributed by atoms with E-state index in [4.69, 9.17) is 9.47 Å². The van der Waals surface area contributed by atoms with Crippen molar-refractivity contribution < 1.29 is 9.47 Å². The first-order chi connectivity index (χ1) is 8.40. The van der Waals surface area contributed by atoms with Gasteiger partial charge in [0.25, 0.3) is 0 Å². The van der Waals surface area contributed by atoms with E-state index in [-0.39, 0.29) is 6.29 Å². The lowest BCUT2D eigenvalue weighted by molar-refractivity contribution is -0.0991. The maximum atomic E-state index is 6.02. The van der Waals surface area contributed by atoms with Crippen molar-refractivity contribution >= 4 is 0 Å². The van der Waals surface area contributed by atoms with Crippen LogP contribution in [0.15, 0.2) is 12.2 Å². The second-order valence-corrected chi connectivity index (χ2v) is 5.35. The standard InChI is InChI=1S/C15H26O2/c1-2-3-4-8-11-14-12-16-15(17-14)13-9-6-5-7-10-13/h5-6,13-15H,2-4,7-12H2,1H3. The Balaban J connectivity index is 1.63. The molecule has 1 heterocycles. The monoisotopic (exact) mass is 238 g/mol. The Bertz CT molecular complexity index is 237. The normalized spacial score (nSPS) is 33.1. The molecule has 0 aromatic rings. The Hall–Kier alpha value is -0.340. The van der Waals surface area contributed by atoms with Crippen LogP contribution in [0, 0.1) is 5.92 Å². The summed E-state index contributed by atoms with van der Waals surface area (Å²) < 4.78 is 11.8. The van der Waals surface area contributed by atoms with E-state index in [9.17, 15) is 0 Å². The highest BCUT2D eigenvalue weighted by molar-refractivity contribution is 4.91. The molecule has 2 aliphatic rings. The molecule has 0 saturated carbocycles. The second-order valence-electron chi connectivity index (χ2n) is 5.35. The highest BCUT2D eigenvalue weighted by Gasteiger charge is 2.31. The van der Waals surface area contributed by atoms with E-state index in [2.05, 4.69) is 19.1 Å². The molecule has 2 nitrogen and oxygen atoms in total. The van der Waals surface area contributed by atoms with Crippen molar-refractivity contribution in [1.29, 1.82) is 0 Å². The summed E-state index contributed by atoms with van der Waals surface area (Å²) in [4.78, 5) is 0. The van der Waals surface area contributed by atoms with Crippen molar-refractivity contribution in [2.75, 3.05) is 6.61 Å². The van der Waals surface area contributed by atoms with Crippen LogP contribution in [0.1, 0.15) is 58.3 Å². The molecule has 1 fully saturated rings. The molecule has 0 spiro atoms. The first-order valence-corrected chi connectivity index (χ1v) is 7.32. The smallest absolute Gasteiger partial charge is 0.161 e. The van der Waals surface area contributed by atoms with Crippen LogP contribution in [0.25, 0.3) is 0 Å². The minimum absolute atomic E-state index is 0.0797. The third-order valence-electron chi connectivity index (χ3n) is 3.85. The largest absolute Gasteiger partial charge is 0.350 e. The van der Waals surface area contributed by atoms with Crippen LogP contribution in [0.2, 0.25) is 0 Å². The molecule has 2 heteroatoms. The van der Waals surface area contributed by atoms with Gasteiger partial charge < -0.3 is 9.47 Å². The van der Waals surface area contributed by atoms with Gasteiger partial charge in [-0.3, -0.25) is 0 Å². The van der Waals surface area contributed by atoms with Crippen LogP contribution in [-0.2, 0) is 9.47 Å². The summed E-state index contributed by atoms with van der Waals surface area (Å²) in [5.74, 6) is 0.598. The van der Waals surface area contributed by atoms with Crippen LogP contribution in [0.4, 0.5) is 0 Å². The summed E-state index contributed by atoms with van der Waals surface area (Å²) in [6.07, 6.45) is 15.0. The zero-order valence-corrected chi connectivity index (χ0v) is 11.1. The second kappa shape index (κ2) is 7.17. The number of rotatable bonds is 6. The Morgan fingerprint density at radius 1 is 1.18 bits per heavy atom. The van der Waals surface area contributed by atoms with Crippen LogP contribution >= 0.6 is 0 Å². The SMILES string of the molecule is CCCCCCC1COC(C2CC=CCC2)O1. The fraction of sp³-hybridized carbons (Fsp3) is 0.867. The maximum Gasteiger partial charge on any atom is 0.161 e. The number of hydrogen-bond acceptors (Lipinski definition) is 2. The van der Waals surface area contributed by atoms with E-state index >= 15 is 0 Å².